The van der Waals surface area contributed by atoms with E-state index in [9.17, 15) is 4.79 Å². The number of halogens is 2. The van der Waals surface area contributed by atoms with Gasteiger partial charge >= 0.3 is 0 Å². The Kier molecular flexibility index (Phi) is 20.3. The van der Waals surface area contributed by atoms with Gasteiger partial charge < -0.3 is 15.8 Å². The number of anilines is 2. The average molecular weight is 680 g/mol. The van der Waals surface area contributed by atoms with E-state index in [1.807, 2.05) is 99.7 Å². The lowest BCUT2D eigenvalue weighted by molar-refractivity contribution is 0.102. The van der Waals surface area contributed by atoms with Crippen LogP contribution in [0.4, 0.5) is 17.1 Å². The molecular formula is C37H44Cl2N4O2S. The van der Waals surface area contributed by atoms with Crippen molar-refractivity contribution in [3.63, 3.8) is 0 Å². The highest BCUT2D eigenvalue weighted by Gasteiger charge is 2.13. The van der Waals surface area contributed by atoms with E-state index in [2.05, 4.69) is 41.1 Å². The summed E-state index contributed by atoms with van der Waals surface area (Å²) in [5.41, 5.74) is 10.8. The Morgan fingerprint density at radius 2 is 1.80 bits per heavy atom. The van der Waals surface area contributed by atoms with Gasteiger partial charge in [0.15, 0.2) is 0 Å². The molecule has 9 heteroatoms. The molecule has 0 radical (unpaired) electrons. The summed E-state index contributed by atoms with van der Waals surface area (Å²) < 4.78 is 7.56. The Morgan fingerprint density at radius 1 is 1.13 bits per heavy atom. The van der Waals surface area contributed by atoms with Crippen LogP contribution in [0.5, 0.6) is 0 Å². The minimum absolute atomic E-state index is 0.168. The molecule has 3 aromatic rings. The van der Waals surface area contributed by atoms with E-state index in [1.54, 1.807) is 30.2 Å². The van der Waals surface area contributed by atoms with Crippen LogP contribution in [0.25, 0.3) is 6.08 Å². The summed E-state index contributed by atoms with van der Waals surface area (Å²) in [7, 11) is 0. The van der Waals surface area contributed by atoms with Gasteiger partial charge in [0.1, 0.15) is 6.73 Å². The molecule has 0 atom stereocenters. The SMILES string of the molecule is C/C=C(\C)Cl.C=C.C=C(N)/C=C\C.C=Nc1ccccc1/C=C\Cc1cc(NC(=O)c2ccc(N3COCCS3)cc2)ccc1Cl. The van der Waals surface area contributed by atoms with Gasteiger partial charge in [0.05, 0.1) is 12.3 Å². The van der Waals surface area contributed by atoms with E-state index >= 15 is 0 Å². The van der Waals surface area contributed by atoms with Crippen molar-refractivity contribution >= 4 is 70.9 Å². The number of carbonyl (C=O) groups excluding carboxylic acids is 1. The highest BCUT2D eigenvalue weighted by molar-refractivity contribution is 8.00. The molecule has 1 saturated heterocycles. The molecular weight excluding hydrogens is 635 g/mol. The van der Waals surface area contributed by atoms with Crippen LogP contribution < -0.4 is 15.4 Å². The summed E-state index contributed by atoms with van der Waals surface area (Å²) in [5, 5.41) is 4.47. The minimum atomic E-state index is -0.168. The van der Waals surface area contributed by atoms with E-state index in [4.69, 9.17) is 33.7 Å². The largest absolute Gasteiger partial charge is 0.399 e. The number of nitrogens with two attached hydrogens (primary N) is 1. The zero-order chi connectivity index (χ0) is 34.3. The van der Waals surface area contributed by atoms with Crippen LogP contribution in [-0.2, 0) is 11.2 Å². The van der Waals surface area contributed by atoms with Gasteiger partial charge in [-0.3, -0.25) is 14.1 Å². The zero-order valence-corrected chi connectivity index (χ0v) is 29.2. The van der Waals surface area contributed by atoms with Crippen molar-refractivity contribution in [3.8, 4) is 0 Å². The Balaban J connectivity index is 0.000000693. The molecule has 0 bridgehead atoms. The molecule has 3 aromatic carbocycles. The first-order valence-electron chi connectivity index (χ1n) is 14.4. The predicted octanol–water partition coefficient (Wildman–Crippen LogP) is 10.6. The number of hydrogen-bond acceptors (Lipinski definition) is 6. The summed E-state index contributed by atoms with van der Waals surface area (Å²) in [6, 6.07) is 20.8. The fourth-order valence-corrected chi connectivity index (χ4v) is 4.66. The Labute approximate surface area is 289 Å². The Hall–Kier alpha value is -4.01. The van der Waals surface area contributed by atoms with Gasteiger partial charge in [-0.05, 0) is 112 Å². The van der Waals surface area contributed by atoms with Crippen LogP contribution in [0.1, 0.15) is 42.3 Å². The first-order chi connectivity index (χ1) is 22.2. The second-order valence-electron chi connectivity index (χ2n) is 9.33. The van der Waals surface area contributed by atoms with Crippen molar-refractivity contribution in [3.05, 3.63) is 143 Å². The molecule has 244 valence electrons. The summed E-state index contributed by atoms with van der Waals surface area (Å²) in [6.45, 7) is 20.0. The molecule has 6 nitrogen and oxygen atoms in total. The van der Waals surface area contributed by atoms with Crippen molar-refractivity contribution in [1.82, 2.24) is 0 Å². The number of ether oxygens (including phenoxy) is 1. The third-order valence-corrected chi connectivity index (χ3v) is 7.49. The van der Waals surface area contributed by atoms with Crippen LogP contribution in [0.15, 0.2) is 126 Å². The van der Waals surface area contributed by atoms with Crippen molar-refractivity contribution in [2.45, 2.75) is 27.2 Å². The molecule has 1 aliphatic rings. The molecule has 0 aromatic heterocycles. The number of amides is 1. The van der Waals surface area contributed by atoms with Crippen molar-refractivity contribution in [2.24, 2.45) is 10.7 Å². The van der Waals surface area contributed by atoms with E-state index in [1.165, 1.54) is 0 Å². The Morgan fingerprint density at radius 3 is 2.35 bits per heavy atom. The van der Waals surface area contributed by atoms with Gasteiger partial charge in [0.25, 0.3) is 5.91 Å². The maximum Gasteiger partial charge on any atom is 0.255 e. The summed E-state index contributed by atoms with van der Waals surface area (Å²) >= 11 is 13.4. The number of carbonyl (C=O) groups is 1. The van der Waals surface area contributed by atoms with Crippen LogP contribution in [0.3, 0.4) is 0 Å². The van der Waals surface area contributed by atoms with Crippen molar-refractivity contribution in [2.75, 3.05) is 28.7 Å². The fraction of sp³-hybridized carbons (Fsp3) is 0.189. The summed E-state index contributed by atoms with van der Waals surface area (Å²) in [5.74, 6) is 0.757. The van der Waals surface area contributed by atoms with Crippen LogP contribution in [-0.4, -0.2) is 31.7 Å². The smallest absolute Gasteiger partial charge is 0.255 e. The van der Waals surface area contributed by atoms with Gasteiger partial charge in [0, 0.05) is 38.4 Å². The molecule has 0 unspecified atom stereocenters. The highest BCUT2D eigenvalue weighted by atomic mass is 35.5. The lowest BCUT2D eigenvalue weighted by Gasteiger charge is -2.27. The molecule has 4 rings (SSSR count). The minimum Gasteiger partial charge on any atom is -0.399 e. The molecule has 0 aliphatic carbocycles. The monoisotopic (exact) mass is 678 g/mol. The molecule has 3 N–H and O–H groups in total. The van der Waals surface area contributed by atoms with Crippen LogP contribution >= 0.6 is 35.1 Å². The van der Waals surface area contributed by atoms with E-state index in [0.29, 0.717) is 35.1 Å². The summed E-state index contributed by atoms with van der Waals surface area (Å²) in [6.07, 6.45) is 10.1. The second-order valence-corrected chi connectivity index (χ2v) is 11.4. The third-order valence-electron chi connectivity index (χ3n) is 5.93. The molecule has 0 spiro atoms. The first-order valence-corrected chi connectivity index (χ1v) is 16.1. The molecule has 1 aliphatic heterocycles. The second kappa shape index (κ2) is 23.3. The number of para-hydroxylation sites is 1. The lowest BCUT2D eigenvalue weighted by atomic mass is 10.1. The number of hydrogen-bond donors (Lipinski definition) is 2. The van der Waals surface area contributed by atoms with Gasteiger partial charge in [0.2, 0.25) is 0 Å². The number of nitrogens with one attached hydrogen (secondary N) is 1. The standard InChI is InChI=1S/C26H24ClN3O2S.C5H9N.C4H7Cl.C2H4/c1-28-25-8-3-2-5-19(25)6-4-7-21-17-22(11-14-24(21)27)29-26(31)20-9-12-23(13-10-20)30-18-32-15-16-33-30;1-3-4-5(2)6;1-3-4(2)5;1-2/h2-6,8-14,17H,1,7,15-16,18H2,(H,29,31);3-4H,2,6H2,1H3;3H,1-2H3;1-2H2/b6-4-;4-3-;4-3+;. The van der Waals surface area contributed by atoms with Crippen molar-refractivity contribution in [1.29, 1.82) is 0 Å². The van der Waals surface area contributed by atoms with E-state index in [0.717, 1.165) is 39.9 Å². The quantitative estimate of drug-likeness (QED) is 0.107. The van der Waals surface area contributed by atoms with Gasteiger partial charge in [-0.1, -0.05) is 72.3 Å². The first kappa shape index (κ1) is 40.0. The van der Waals surface area contributed by atoms with Gasteiger partial charge in [-0.2, -0.15) is 0 Å². The van der Waals surface area contributed by atoms with Crippen molar-refractivity contribution < 1.29 is 9.53 Å². The number of allylic oxidation sites excluding steroid dienone is 5. The highest BCUT2D eigenvalue weighted by Crippen LogP contribution is 2.26. The zero-order valence-electron chi connectivity index (χ0n) is 26.8. The molecule has 1 amide bonds. The van der Waals surface area contributed by atoms with E-state index in [-0.39, 0.29) is 5.91 Å². The number of nitrogens with zero attached hydrogens (tertiary/aromatic N) is 2. The maximum atomic E-state index is 12.7. The molecule has 1 fully saturated rings. The van der Waals surface area contributed by atoms with E-state index < -0.39 is 0 Å². The topological polar surface area (TPSA) is 79.9 Å². The Bertz CT molecular complexity index is 1480. The van der Waals surface area contributed by atoms with Crippen LogP contribution in [0.2, 0.25) is 5.02 Å². The van der Waals surface area contributed by atoms with Gasteiger partial charge in [-0.25, -0.2) is 0 Å². The third kappa shape index (κ3) is 15.3. The average Bonchev–Trinajstić information content (AvgIpc) is 3.08. The normalized spacial score (nSPS) is 12.5. The maximum absolute atomic E-state index is 12.7. The molecule has 0 saturated carbocycles. The number of aliphatic imine (C=N–C) groups is 1. The molecule has 1 heterocycles. The predicted molar refractivity (Wildman–Crippen MR) is 205 cm³/mol. The number of rotatable bonds is 8. The van der Waals surface area contributed by atoms with Crippen LogP contribution in [0, 0.1) is 0 Å². The lowest BCUT2D eigenvalue weighted by Crippen LogP contribution is -2.25. The number of benzene rings is 3. The fourth-order valence-electron chi connectivity index (χ4n) is 3.63. The summed E-state index contributed by atoms with van der Waals surface area (Å²) in [4.78, 5) is 16.8. The van der Waals surface area contributed by atoms with Gasteiger partial charge in [-0.15, -0.1) is 13.2 Å². The molecule has 46 heavy (non-hydrogen) atoms.